The van der Waals surface area contributed by atoms with Crippen molar-refractivity contribution >= 4 is 23.1 Å². The molecule has 0 aliphatic carbocycles. The van der Waals surface area contributed by atoms with Crippen LogP contribution in [0.2, 0.25) is 0 Å². The molecule has 1 aliphatic rings. The van der Waals surface area contributed by atoms with Gasteiger partial charge in [-0.1, -0.05) is 0 Å². The quantitative estimate of drug-likeness (QED) is 0.683. The molecule has 1 fully saturated rings. The Kier molecular flexibility index (Phi) is 4.65. The van der Waals surface area contributed by atoms with Crippen LogP contribution in [-0.2, 0) is 13.2 Å². The molecule has 4 heterocycles. The third kappa shape index (κ3) is 3.75. The zero-order valence-corrected chi connectivity index (χ0v) is 15.7. The van der Waals surface area contributed by atoms with E-state index in [2.05, 4.69) is 37.6 Å². The van der Waals surface area contributed by atoms with Crippen molar-refractivity contribution in [2.24, 2.45) is 7.05 Å². The second-order valence-electron chi connectivity index (χ2n) is 6.93. The fourth-order valence-corrected chi connectivity index (χ4v) is 3.32. The molecule has 2 N–H and O–H groups in total. The molecule has 0 unspecified atom stereocenters. The molecule has 4 rings (SSSR count). The molecule has 1 amide bonds. The van der Waals surface area contributed by atoms with Crippen LogP contribution in [0.15, 0.2) is 24.7 Å². The summed E-state index contributed by atoms with van der Waals surface area (Å²) in [5.41, 5.74) is -1.24. The van der Waals surface area contributed by atoms with E-state index in [9.17, 15) is 18.0 Å². The van der Waals surface area contributed by atoms with Crippen molar-refractivity contribution in [3.8, 4) is 0 Å². The monoisotopic (exact) mass is 408 g/mol. The number of alkyl halides is 3. The first-order chi connectivity index (χ1) is 13.7. The molecule has 0 bridgehead atoms. The zero-order valence-electron chi connectivity index (χ0n) is 15.7. The number of nitrogens with zero attached hydrogens (tertiary/aromatic N) is 6. The average molecular weight is 408 g/mol. The number of piperazine rings is 1. The summed E-state index contributed by atoms with van der Waals surface area (Å²) in [6.45, 7) is 4.38. The highest BCUT2D eigenvalue weighted by atomic mass is 19.4. The number of hydrogen-bond acceptors (Lipinski definition) is 6. The molecule has 1 aliphatic heterocycles. The summed E-state index contributed by atoms with van der Waals surface area (Å²) in [6.07, 6.45) is -0.624. The molecular formula is C17H19F3N8O. The Bertz CT molecular complexity index is 1060. The van der Waals surface area contributed by atoms with E-state index in [0.29, 0.717) is 11.9 Å². The van der Waals surface area contributed by atoms with E-state index in [0.717, 1.165) is 30.5 Å². The van der Waals surface area contributed by atoms with Crippen molar-refractivity contribution < 1.29 is 18.0 Å². The predicted molar refractivity (Wildman–Crippen MR) is 98.8 cm³/mol. The van der Waals surface area contributed by atoms with Gasteiger partial charge in [-0.25, -0.2) is 9.50 Å². The molecule has 0 aromatic carbocycles. The molecule has 0 radical (unpaired) electrons. The van der Waals surface area contributed by atoms with Gasteiger partial charge in [-0.05, 0) is 13.0 Å². The van der Waals surface area contributed by atoms with Crippen LogP contribution in [0.5, 0.6) is 0 Å². The molecule has 1 atom stereocenters. The number of halogens is 3. The fourth-order valence-electron chi connectivity index (χ4n) is 3.32. The van der Waals surface area contributed by atoms with Crippen LogP contribution in [0.25, 0.3) is 5.65 Å². The summed E-state index contributed by atoms with van der Waals surface area (Å²) in [5.74, 6) is -0.0606. The van der Waals surface area contributed by atoms with Crippen molar-refractivity contribution in [2.45, 2.75) is 19.1 Å². The standard InChI is InChI=1S/C17H19F3N8O/c1-10-8-27(6-4-21-10)13-3-5-28-15(24-13)11(7-22-28)16(29)23-12-9-26(2)25-14(12)17(18,19)20/h3,5,7,9-10,21H,4,6,8H2,1-2H3,(H,23,29)/t10-/m0/s1. The van der Waals surface area contributed by atoms with E-state index in [-0.39, 0.29) is 11.2 Å². The van der Waals surface area contributed by atoms with Gasteiger partial charge in [0.05, 0.1) is 11.9 Å². The normalized spacial score (nSPS) is 17.7. The summed E-state index contributed by atoms with van der Waals surface area (Å²) >= 11 is 0. The van der Waals surface area contributed by atoms with Gasteiger partial charge in [0.25, 0.3) is 5.91 Å². The second kappa shape index (κ2) is 7.03. The number of aryl methyl sites for hydroxylation is 1. The number of rotatable bonds is 3. The van der Waals surface area contributed by atoms with Gasteiger partial charge in [0.15, 0.2) is 11.3 Å². The molecule has 29 heavy (non-hydrogen) atoms. The van der Waals surface area contributed by atoms with Crippen LogP contribution >= 0.6 is 0 Å². The highest BCUT2D eigenvalue weighted by Gasteiger charge is 2.38. The zero-order chi connectivity index (χ0) is 20.8. The lowest BCUT2D eigenvalue weighted by molar-refractivity contribution is -0.140. The van der Waals surface area contributed by atoms with E-state index < -0.39 is 23.5 Å². The highest BCUT2D eigenvalue weighted by molar-refractivity contribution is 6.08. The lowest BCUT2D eigenvalue weighted by atomic mass is 10.2. The fraction of sp³-hybridized carbons (Fsp3) is 0.412. The molecule has 12 heteroatoms. The average Bonchev–Trinajstić information content (AvgIpc) is 3.24. The van der Waals surface area contributed by atoms with E-state index in [1.807, 2.05) is 0 Å². The molecule has 3 aromatic heterocycles. The van der Waals surface area contributed by atoms with Gasteiger partial charge < -0.3 is 15.5 Å². The van der Waals surface area contributed by atoms with Crippen molar-refractivity contribution in [2.75, 3.05) is 29.9 Å². The Morgan fingerprint density at radius 1 is 1.38 bits per heavy atom. The smallest absolute Gasteiger partial charge is 0.354 e. The summed E-state index contributed by atoms with van der Waals surface area (Å²) in [7, 11) is 1.35. The Labute approximate surface area is 163 Å². The first-order valence-electron chi connectivity index (χ1n) is 8.97. The van der Waals surface area contributed by atoms with Crippen molar-refractivity contribution in [3.63, 3.8) is 0 Å². The van der Waals surface area contributed by atoms with Crippen LogP contribution in [0, 0.1) is 0 Å². The lowest BCUT2D eigenvalue weighted by Crippen LogP contribution is -2.49. The number of nitrogens with one attached hydrogen (secondary N) is 2. The highest BCUT2D eigenvalue weighted by Crippen LogP contribution is 2.33. The van der Waals surface area contributed by atoms with Gasteiger partial charge in [-0.2, -0.15) is 23.4 Å². The number of carbonyl (C=O) groups excluding carboxylic acids is 1. The molecule has 154 valence electrons. The van der Waals surface area contributed by atoms with Crippen molar-refractivity contribution in [1.29, 1.82) is 0 Å². The van der Waals surface area contributed by atoms with E-state index in [4.69, 9.17) is 0 Å². The third-order valence-electron chi connectivity index (χ3n) is 4.64. The molecule has 1 saturated heterocycles. The molecule has 9 nitrogen and oxygen atoms in total. The van der Waals surface area contributed by atoms with Crippen LogP contribution in [0.4, 0.5) is 24.7 Å². The minimum atomic E-state index is -4.69. The van der Waals surface area contributed by atoms with Crippen LogP contribution < -0.4 is 15.5 Å². The van der Waals surface area contributed by atoms with Crippen LogP contribution in [0.3, 0.4) is 0 Å². The minimum Gasteiger partial charge on any atom is -0.354 e. The topological polar surface area (TPSA) is 92.4 Å². The number of anilines is 2. The summed E-state index contributed by atoms with van der Waals surface area (Å²) in [5, 5.41) is 13.1. The lowest BCUT2D eigenvalue weighted by Gasteiger charge is -2.32. The SMILES string of the molecule is C[C@H]1CN(c2ccn3ncc(C(=O)Nc4cn(C)nc4C(F)(F)F)c3n2)CCN1. The Morgan fingerprint density at radius 2 is 2.17 bits per heavy atom. The Morgan fingerprint density at radius 3 is 2.90 bits per heavy atom. The van der Waals surface area contributed by atoms with Gasteiger partial charge in [0.2, 0.25) is 0 Å². The van der Waals surface area contributed by atoms with Gasteiger partial charge >= 0.3 is 6.18 Å². The van der Waals surface area contributed by atoms with E-state index in [1.54, 1.807) is 12.3 Å². The van der Waals surface area contributed by atoms with Crippen LogP contribution in [-0.4, -0.2) is 56.0 Å². The number of fused-ring (bicyclic) bond motifs is 1. The maximum atomic E-state index is 13.1. The molecule has 0 saturated carbocycles. The minimum absolute atomic E-state index is 0.0759. The number of amides is 1. The maximum absolute atomic E-state index is 13.1. The van der Waals surface area contributed by atoms with Gasteiger partial charge in [-0.15, -0.1) is 0 Å². The first-order valence-corrected chi connectivity index (χ1v) is 8.97. The largest absolute Gasteiger partial charge is 0.437 e. The van der Waals surface area contributed by atoms with E-state index >= 15 is 0 Å². The second-order valence-corrected chi connectivity index (χ2v) is 6.93. The van der Waals surface area contributed by atoms with Gasteiger partial charge in [-0.3, -0.25) is 9.48 Å². The Hall–Kier alpha value is -3.15. The van der Waals surface area contributed by atoms with Gasteiger partial charge in [0, 0.05) is 45.1 Å². The maximum Gasteiger partial charge on any atom is 0.437 e. The number of hydrogen-bond donors (Lipinski definition) is 2. The van der Waals surface area contributed by atoms with E-state index in [1.165, 1.54) is 17.8 Å². The first kappa shape index (κ1) is 19.2. The number of carbonyl (C=O) groups is 1. The predicted octanol–water partition coefficient (Wildman–Crippen LogP) is 1.53. The molecular weight excluding hydrogens is 389 g/mol. The van der Waals surface area contributed by atoms with Gasteiger partial charge in [0.1, 0.15) is 11.4 Å². The summed E-state index contributed by atoms with van der Waals surface area (Å²) < 4.78 is 41.8. The molecule has 0 spiro atoms. The van der Waals surface area contributed by atoms with Crippen LogP contribution in [0.1, 0.15) is 23.0 Å². The van der Waals surface area contributed by atoms with Crippen molar-refractivity contribution in [3.05, 3.63) is 35.9 Å². The summed E-state index contributed by atoms with van der Waals surface area (Å²) in [4.78, 5) is 19.3. The Balaban J connectivity index is 1.64. The van der Waals surface area contributed by atoms with Crippen molar-refractivity contribution in [1.82, 2.24) is 29.7 Å². The third-order valence-corrected chi connectivity index (χ3v) is 4.64. The summed E-state index contributed by atoms with van der Waals surface area (Å²) in [6, 6.07) is 2.09. The number of aromatic nitrogens is 5. The molecule has 3 aromatic rings.